The Bertz CT molecular complexity index is 379. The number of rotatable bonds is 8. The minimum absolute atomic E-state index is 0.102. The molecule has 0 atom stereocenters. The molecule has 0 aliphatic rings. The fraction of sp³-hybridized carbons (Fsp3) is 0.714. The highest BCUT2D eigenvalue weighted by molar-refractivity contribution is 5.33. The van der Waals surface area contributed by atoms with Crippen molar-refractivity contribution in [2.75, 3.05) is 18.4 Å². The molecule has 0 saturated carbocycles. The maximum atomic E-state index is 5.55. The Morgan fingerprint density at radius 1 is 1.37 bits per heavy atom. The lowest BCUT2D eigenvalue weighted by molar-refractivity contribution is 0.232. The summed E-state index contributed by atoms with van der Waals surface area (Å²) in [6, 6.07) is 0. The molecule has 0 aliphatic heterocycles. The third-order valence-electron chi connectivity index (χ3n) is 2.77. The zero-order valence-electron chi connectivity index (χ0n) is 12.4. The van der Waals surface area contributed by atoms with Crippen LogP contribution in [0.15, 0.2) is 12.4 Å². The molecule has 0 amide bonds. The van der Waals surface area contributed by atoms with E-state index in [1.165, 1.54) is 0 Å². The highest BCUT2D eigenvalue weighted by atomic mass is 16.5. The zero-order valence-corrected chi connectivity index (χ0v) is 12.4. The number of hydrogen-bond donors (Lipinski definition) is 2. The van der Waals surface area contributed by atoms with Crippen LogP contribution in [0.4, 0.5) is 5.82 Å². The van der Waals surface area contributed by atoms with Crippen molar-refractivity contribution in [1.82, 2.24) is 9.97 Å². The summed E-state index contributed by atoms with van der Waals surface area (Å²) in [6.07, 6.45) is 5.57. The molecule has 108 valence electrons. The van der Waals surface area contributed by atoms with Crippen LogP contribution in [0.25, 0.3) is 0 Å². The first-order valence-corrected chi connectivity index (χ1v) is 6.85. The molecule has 5 heteroatoms. The number of nitrogens with zero attached hydrogens (tertiary/aromatic N) is 2. The molecule has 19 heavy (non-hydrogen) atoms. The summed E-state index contributed by atoms with van der Waals surface area (Å²) in [6.45, 7) is 9.96. The van der Waals surface area contributed by atoms with Crippen molar-refractivity contribution in [3.05, 3.63) is 12.4 Å². The third kappa shape index (κ3) is 6.38. The molecule has 1 heterocycles. The largest absolute Gasteiger partial charge is 0.474 e. The molecular formula is C14H26N4O. The minimum Gasteiger partial charge on any atom is -0.474 e. The van der Waals surface area contributed by atoms with E-state index in [0.717, 1.165) is 31.7 Å². The van der Waals surface area contributed by atoms with Gasteiger partial charge in [0.15, 0.2) is 0 Å². The third-order valence-corrected chi connectivity index (χ3v) is 2.77. The van der Waals surface area contributed by atoms with Crippen molar-refractivity contribution >= 4 is 5.82 Å². The van der Waals surface area contributed by atoms with Gasteiger partial charge in [-0.05, 0) is 38.6 Å². The van der Waals surface area contributed by atoms with Gasteiger partial charge in [0.2, 0.25) is 5.88 Å². The molecule has 5 nitrogen and oxygen atoms in total. The van der Waals surface area contributed by atoms with Crippen LogP contribution in [0.3, 0.4) is 0 Å². The Labute approximate surface area is 116 Å². The van der Waals surface area contributed by atoms with Crippen LogP contribution in [0, 0.1) is 5.41 Å². The highest BCUT2D eigenvalue weighted by Gasteiger charge is 2.17. The van der Waals surface area contributed by atoms with Gasteiger partial charge in [-0.15, -0.1) is 0 Å². The van der Waals surface area contributed by atoms with Gasteiger partial charge in [0, 0.05) is 6.54 Å². The topological polar surface area (TPSA) is 73.1 Å². The van der Waals surface area contributed by atoms with E-state index in [2.05, 4.69) is 29.1 Å². The monoisotopic (exact) mass is 266 g/mol. The summed E-state index contributed by atoms with van der Waals surface area (Å²) < 4.78 is 5.52. The molecular weight excluding hydrogens is 240 g/mol. The van der Waals surface area contributed by atoms with E-state index in [-0.39, 0.29) is 11.5 Å². The average molecular weight is 266 g/mol. The fourth-order valence-electron chi connectivity index (χ4n) is 1.73. The molecule has 0 radical (unpaired) electrons. The van der Waals surface area contributed by atoms with E-state index in [0.29, 0.717) is 5.88 Å². The Balaban J connectivity index is 2.52. The second-order valence-electron chi connectivity index (χ2n) is 5.82. The zero-order chi connectivity index (χ0) is 14.3. The van der Waals surface area contributed by atoms with E-state index >= 15 is 0 Å². The van der Waals surface area contributed by atoms with Crippen LogP contribution >= 0.6 is 0 Å². The summed E-state index contributed by atoms with van der Waals surface area (Å²) >= 11 is 0. The first kappa shape index (κ1) is 15.7. The minimum atomic E-state index is 0.102. The average Bonchev–Trinajstić information content (AvgIpc) is 2.34. The molecule has 0 unspecified atom stereocenters. The van der Waals surface area contributed by atoms with Crippen molar-refractivity contribution in [3.8, 4) is 5.88 Å². The maximum absolute atomic E-state index is 5.55. The Hall–Kier alpha value is -1.36. The van der Waals surface area contributed by atoms with E-state index < -0.39 is 0 Å². The van der Waals surface area contributed by atoms with Crippen molar-refractivity contribution < 1.29 is 4.74 Å². The number of nitrogens with two attached hydrogens (primary N) is 1. The lowest BCUT2D eigenvalue weighted by Crippen LogP contribution is -2.24. The van der Waals surface area contributed by atoms with Crippen molar-refractivity contribution in [1.29, 1.82) is 0 Å². The first-order valence-electron chi connectivity index (χ1n) is 6.85. The van der Waals surface area contributed by atoms with E-state index in [9.17, 15) is 0 Å². The lowest BCUT2D eigenvalue weighted by Gasteiger charge is -2.25. The van der Waals surface area contributed by atoms with Gasteiger partial charge in [-0.2, -0.15) is 4.98 Å². The highest BCUT2D eigenvalue weighted by Crippen LogP contribution is 2.22. The van der Waals surface area contributed by atoms with E-state index in [1.54, 1.807) is 12.4 Å². The van der Waals surface area contributed by atoms with Gasteiger partial charge < -0.3 is 15.8 Å². The van der Waals surface area contributed by atoms with Crippen LogP contribution in [0.1, 0.15) is 40.5 Å². The Kier molecular flexibility index (Phi) is 6.02. The molecule has 0 bridgehead atoms. The molecule has 0 aliphatic carbocycles. The smallest absolute Gasteiger partial charge is 0.234 e. The van der Waals surface area contributed by atoms with E-state index in [4.69, 9.17) is 10.5 Å². The second-order valence-corrected chi connectivity index (χ2v) is 5.82. The number of aromatic nitrogens is 2. The predicted molar refractivity (Wildman–Crippen MR) is 78.4 cm³/mol. The van der Waals surface area contributed by atoms with Gasteiger partial charge in [-0.25, -0.2) is 0 Å². The predicted octanol–water partition coefficient (Wildman–Crippen LogP) is 2.44. The summed E-state index contributed by atoms with van der Waals surface area (Å²) in [7, 11) is 0. The maximum Gasteiger partial charge on any atom is 0.234 e. The quantitative estimate of drug-likeness (QED) is 0.756. The lowest BCUT2D eigenvalue weighted by atomic mass is 9.88. The number of nitrogens with one attached hydrogen (secondary N) is 1. The van der Waals surface area contributed by atoms with Gasteiger partial charge in [0.1, 0.15) is 5.82 Å². The van der Waals surface area contributed by atoms with Gasteiger partial charge in [0.05, 0.1) is 18.5 Å². The van der Waals surface area contributed by atoms with E-state index in [1.807, 2.05) is 13.8 Å². The summed E-state index contributed by atoms with van der Waals surface area (Å²) in [5.41, 5.74) is 5.74. The first-order chi connectivity index (χ1) is 8.93. The molecule has 1 rings (SSSR count). The summed E-state index contributed by atoms with van der Waals surface area (Å²) in [5.74, 6) is 1.30. The van der Waals surface area contributed by atoms with Gasteiger partial charge in [-0.1, -0.05) is 13.8 Å². The molecule has 3 N–H and O–H groups in total. The Morgan fingerprint density at radius 3 is 2.74 bits per heavy atom. The summed E-state index contributed by atoms with van der Waals surface area (Å²) in [4.78, 5) is 8.51. The Morgan fingerprint density at radius 2 is 2.11 bits per heavy atom. The van der Waals surface area contributed by atoms with Crippen LogP contribution < -0.4 is 15.8 Å². The molecule has 1 aromatic heterocycles. The standard InChI is InChI=1S/C14H26N4O/c1-11(2)19-13-9-16-8-12(18-13)17-10-14(3,4)6-5-7-15/h8-9,11H,5-7,10,15H2,1-4H3,(H,17,18). The van der Waals surface area contributed by atoms with Crippen LogP contribution in [0.2, 0.25) is 0 Å². The molecule has 0 fully saturated rings. The van der Waals surface area contributed by atoms with Crippen molar-refractivity contribution in [3.63, 3.8) is 0 Å². The van der Waals surface area contributed by atoms with Crippen LogP contribution in [-0.4, -0.2) is 29.2 Å². The number of hydrogen-bond acceptors (Lipinski definition) is 5. The SMILES string of the molecule is CC(C)Oc1cncc(NCC(C)(C)CCCN)n1. The second kappa shape index (κ2) is 7.28. The fourth-order valence-corrected chi connectivity index (χ4v) is 1.73. The van der Waals surface area contributed by atoms with Gasteiger partial charge >= 0.3 is 0 Å². The summed E-state index contributed by atoms with van der Waals surface area (Å²) in [5, 5.41) is 3.31. The van der Waals surface area contributed by atoms with Crippen molar-refractivity contribution in [2.24, 2.45) is 11.1 Å². The van der Waals surface area contributed by atoms with Gasteiger partial charge in [-0.3, -0.25) is 4.98 Å². The number of anilines is 1. The number of ether oxygens (including phenoxy) is 1. The normalized spacial score (nSPS) is 11.7. The molecule has 0 saturated heterocycles. The van der Waals surface area contributed by atoms with Gasteiger partial charge in [0.25, 0.3) is 0 Å². The van der Waals surface area contributed by atoms with Crippen molar-refractivity contribution in [2.45, 2.75) is 46.6 Å². The molecule has 0 spiro atoms. The van der Waals surface area contributed by atoms with Crippen LogP contribution in [0.5, 0.6) is 5.88 Å². The molecule has 1 aromatic rings. The molecule has 0 aromatic carbocycles. The van der Waals surface area contributed by atoms with Crippen LogP contribution in [-0.2, 0) is 0 Å².